The van der Waals surface area contributed by atoms with Gasteiger partial charge in [-0.05, 0) is 50.3 Å². The molecule has 6 heteroatoms. The molecule has 1 aromatic carbocycles. The van der Waals surface area contributed by atoms with E-state index in [-0.39, 0.29) is 23.8 Å². The largest absolute Gasteiger partial charge is 0.490 e. The molecule has 3 atom stereocenters. The lowest BCUT2D eigenvalue weighted by molar-refractivity contribution is -0.171. The van der Waals surface area contributed by atoms with Gasteiger partial charge < -0.3 is 20.5 Å². The van der Waals surface area contributed by atoms with Crippen molar-refractivity contribution in [3.8, 4) is 5.75 Å². The Kier molecular flexibility index (Phi) is 5.50. The number of amides is 1. The molecule has 0 spiro atoms. The molecular formula is C21H31FN2O3. The summed E-state index contributed by atoms with van der Waals surface area (Å²) in [4.78, 5) is 12.8. The van der Waals surface area contributed by atoms with E-state index in [0.717, 1.165) is 12.8 Å². The van der Waals surface area contributed by atoms with Crippen LogP contribution < -0.4 is 15.8 Å². The fraction of sp³-hybridized carbons (Fsp3) is 0.667. The maximum Gasteiger partial charge on any atom is 0.241 e. The van der Waals surface area contributed by atoms with E-state index in [2.05, 4.69) is 5.32 Å². The normalized spacial score (nSPS) is 27.6. The van der Waals surface area contributed by atoms with Crippen molar-refractivity contribution in [2.75, 3.05) is 13.2 Å². The van der Waals surface area contributed by atoms with E-state index < -0.39 is 16.8 Å². The number of benzene rings is 1. The Morgan fingerprint density at radius 1 is 1.41 bits per heavy atom. The van der Waals surface area contributed by atoms with Gasteiger partial charge in [-0.3, -0.25) is 4.79 Å². The van der Waals surface area contributed by atoms with E-state index in [1.807, 2.05) is 27.7 Å². The van der Waals surface area contributed by atoms with Crippen molar-refractivity contribution in [2.24, 2.45) is 17.1 Å². The summed E-state index contributed by atoms with van der Waals surface area (Å²) < 4.78 is 25.5. The van der Waals surface area contributed by atoms with Crippen LogP contribution in [0.25, 0.3) is 0 Å². The first-order chi connectivity index (χ1) is 12.7. The van der Waals surface area contributed by atoms with Crippen LogP contribution in [0.15, 0.2) is 18.2 Å². The number of nitrogens with one attached hydrogen (secondary N) is 1. The first-order valence-corrected chi connectivity index (χ1v) is 9.82. The summed E-state index contributed by atoms with van der Waals surface area (Å²) in [6.07, 6.45) is 2.76. The third-order valence-electron chi connectivity index (χ3n) is 6.21. The summed E-state index contributed by atoms with van der Waals surface area (Å²) in [6.45, 7) is 8.82. The third kappa shape index (κ3) is 3.83. The van der Waals surface area contributed by atoms with Gasteiger partial charge in [-0.1, -0.05) is 19.9 Å². The quantitative estimate of drug-likeness (QED) is 0.728. The van der Waals surface area contributed by atoms with Gasteiger partial charge in [0.15, 0.2) is 11.6 Å². The van der Waals surface area contributed by atoms with Gasteiger partial charge in [0.25, 0.3) is 0 Å². The average Bonchev–Trinajstić information content (AvgIpc) is 3.44. The van der Waals surface area contributed by atoms with Crippen LogP contribution in [-0.2, 0) is 9.53 Å². The number of rotatable bonds is 8. The predicted octanol–water partition coefficient (Wildman–Crippen LogP) is 3.32. The minimum atomic E-state index is -0.993. The van der Waals surface area contributed by atoms with Gasteiger partial charge in [0.1, 0.15) is 5.54 Å². The molecule has 5 nitrogen and oxygen atoms in total. The molecule has 2 aliphatic rings. The van der Waals surface area contributed by atoms with Crippen LogP contribution in [0.5, 0.6) is 5.75 Å². The zero-order valence-electron chi connectivity index (χ0n) is 16.7. The summed E-state index contributed by atoms with van der Waals surface area (Å²) in [7, 11) is 0. The molecule has 3 unspecified atom stereocenters. The minimum Gasteiger partial charge on any atom is -0.490 e. The van der Waals surface area contributed by atoms with Gasteiger partial charge in [-0.2, -0.15) is 0 Å². The molecule has 1 aromatic rings. The van der Waals surface area contributed by atoms with Crippen LogP contribution in [0, 0.1) is 17.2 Å². The van der Waals surface area contributed by atoms with Crippen molar-refractivity contribution in [1.29, 1.82) is 0 Å². The SMILES string of the molecule is CCOC1CC(N)(C(=O)NC(C)c2ccc(OCC3CC3)c(F)c2)C1(C)C. The number of hydrogen-bond acceptors (Lipinski definition) is 4. The summed E-state index contributed by atoms with van der Waals surface area (Å²) in [6, 6.07) is 4.48. The molecule has 0 aliphatic heterocycles. The van der Waals surface area contributed by atoms with E-state index in [4.69, 9.17) is 15.2 Å². The Hall–Kier alpha value is -1.66. The molecule has 3 rings (SSSR count). The first kappa shape index (κ1) is 20.1. The van der Waals surface area contributed by atoms with Crippen molar-refractivity contribution in [2.45, 2.75) is 64.6 Å². The Labute approximate surface area is 160 Å². The fourth-order valence-electron chi connectivity index (χ4n) is 3.62. The maximum absolute atomic E-state index is 14.3. The number of halogens is 1. The second kappa shape index (κ2) is 7.40. The molecule has 0 saturated heterocycles. The fourth-order valence-corrected chi connectivity index (χ4v) is 3.62. The number of hydrogen-bond donors (Lipinski definition) is 2. The molecule has 0 radical (unpaired) electrons. The lowest BCUT2D eigenvalue weighted by Gasteiger charge is -2.57. The van der Waals surface area contributed by atoms with E-state index in [1.54, 1.807) is 12.1 Å². The predicted molar refractivity (Wildman–Crippen MR) is 102 cm³/mol. The molecule has 27 heavy (non-hydrogen) atoms. The van der Waals surface area contributed by atoms with Crippen LogP contribution in [0.4, 0.5) is 4.39 Å². The highest BCUT2D eigenvalue weighted by Crippen LogP contribution is 2.50. The standard InChI is InChI=1S/C21H31FN2O3/c1-5-26-18-11-21(23,20(18,3)4)19(25)24-13(2)15-8-9-17(16(22)10-15)27-12-14-6-7-14/h8-10,13-14,18H,5-7,11-12,23H2,1-4H3,(H,24,25). The van der Waals surface area contributed by atoms with E-state index in [0.29, 0.717) is 31.1 Å². The Morgan fingerprint density at radius 3 is 2.67 bits per heavy atom. The van der Waals surface area contributed by atoms with Gasteiger partial charge in [0.2, 0.25) is 5.91 Å². The molecule has 0 aromatic heterocycles. The molecule has 3 N–H and O–H groups in total. The van der Waals surface area contributed by atoms with E-state index in [9.17, 15) is 9.18 Å². The monoisotopic (exact) mass is 378 g/mol. The van der Waals surface area contributed by atoms with E-state index >= 15 is 0 Å². The highest BCUT2D eigenvalue weighted by molar-refractivity contribution is 5.89. The molecular weight excluding hydrogens is 347 g/mol. The highest BCUT2D eigenvalue weighted by atomic mass is 19.1. The second-order valence-corrected chi connectivity index (χ2v) is 8.48. The average molecular weight is 378 g/mol. The number of nitrogens with two attached hydrogens (primary N) is 1. The van der Waals surface area contributed by atoms with Crippen LogP contribution in [-0.4, -0.2) is 30.8 Å². The van der Waals surface area contributed by atoms with Crippen LogP contribution >= 0.6 is 0 Å². The van der Waals surface area contributed by atoms with E-state index in [1.165, 1.54) is 6.07 Å². The Balaban J connectivity index is 1.62. The van der Waals surface area contributed by atoms with Gasteiger partial charge >= 0.3 is 0 Å². The summed E-state index contributed by atoms with van der Waals surface area (Å²) in [5, 5.41) is 2.94. The Morgan fingerprint density at radius 2 is 2.11 bits per heavy atom. The number of carbonyl (C=O) groups is 1. The van der Waals surface area contributed by atoms with Crippen LogP contribution in [0.2, 0.25) is 0 Å². The van der Waals surface area contributed by atoms with Gasteiger partial charge in [0, 0.05) is 18.4 Å². The van der Waals surface area contributed by atoms with Crippen molar-refractivity contribution in [3.05, 3.63) is 29.6 Å². The zero-order chi connectivity index (χ0) is 19.8. The molecule has 2 fully saturated rings. The van der Waals surface area contributed by atoms with Crippen LogP contribution in [0.1, 0.15) is 58.6 Å². The topological polar surface area (TPSA) is 73.6 Å². The first-order valence-electron chi connectivity index (χ1n) is 9.82. The Bertz CT molecular complexity index is 705. The van der Waals surface area contributed by atoms with Gasteiger partial charge in [-0.25, -0.2) is 4.39 Å². The lowest BCUT2D eigenvalue weighted by Crippen LogP contribution is -2.75. The smallest absolute Gasteiger partial charge is 0.241 e. The molecule has 1 amide bonds. The summed E-state index contributed by atoms with van der Waals surface area (Å²) >= 11 is 0. The molecule has 150 valence electrons. The maximum atomic E-state index is 14.3. The number of carbonyl (C=O) groups excluding carboxylic acids is 1. The molecule has 2 aliphatic carbocycles. The minimum absolute atomic E-state index is 0.0334. The van der Waals surface area contributed by atoms with Crippen molar-refractivity contribution in [3.63, 3.8) is 0 Å². The molecule has 0 heterocycles. The third-order valence-corrected chi connectivity index (χ3v) is 6.21. The summed E-state index contributed by atoms with van der Waals surface area (Å²) in [5.74, 6) is 0.191. The zero-order valence-corrected chi connectivity index (χ0v) is 16.7. The summed E-state index contributed by atoms with van der Waals surface area (Å²) in [5.41, 5.74) is 5.64. The van der Waals surface area contributed by atoms with Gasteiger partial charge in [0.05, 0.1) is 18.8 Å². The van der Waals surface area contributed by atoms with Crippen molar-refractivity contribution >= 4 is 5.91 Å². The van der Waals surface area contributed by atoms with Crippen LogP contribution in [0.3, 0.4) is 0 Å². The number of ether oxygens (including phenoxy) is 2. The highest BCUT2D eigenvalue weighted by Gasteiger charge is 2.62. The molecule has 0 bridgehead atoms. The second-order valence-electron chi connectivity index (χ2n) is 8.48. The van der Waals surface area contributed by atoms with Crippen molar-refractivity contribution in [1.82, 2.24) is 5.32 Å². The lowest BCUT2D eigenvalue weighted by atomic mass is 9.54. The van der Waals surface area contributed by atoms with Crippen molar-refractivity contribution < 1.29 is 18.7 Å². The van der Waals surface area contributed by atoms with Gasteiger partial charge in [-0.15, -0.1) is 0 Å². The molecule has 2 saturated carbocycles.